The number of fused-ring (bicyclic) bond motifs is 2. The van der Waals surface area contributed by atoms with Crippen molar-refractivity contribution in [3.8, 4) is 11.6 Å². The van der Waals surface area contributed by atoms with E-state index in [1.165, 1.54) is 18.5 Å². The Morgan fingerprint density at radius 1 is 1.31 bits per heavy atom. The number of benzene rings is 2. The number of aromatic nitrogens is 2. The molecule has 130 valence electrons. The maximum Gasteiger partial charge on any atom is 0.269 e. The number of nitro benzene ring substituents is 1. The third kappa shape index (κ3) is 2.39. The molecule has 0 saturated heterocycles. The molecule has 2 aromatic carbocycles. The number of nitrogens with one attached hydrogen (secondary N) is 1. The van der Waals surface area contributed by atoms with E-state index in [2.05, 4.69) is 4.98 Å². The molecule has 8 nitrogen and oxygen atoms in total. The Morgan fingerprint density at radius 3 is 2.88 bits per heavy atom. The van der Waals surface area contributed by atoms with Crippen molar-refractivity contribution in [3.05, 3.63) is 86.6 Å². The lowest BCUT2D eigenvalue weighted by molar-refractivity contribution is -0.384. The first-order valence-corrected chi connectivity index (χ1v) is 7.89. The van der Waals surface area contributed by atoms with E-state index in [-0.39, 0.29) is 17.1 Å². The number of non-ortho nitro benzene ring substituents is 1. The van der Waals surface area contributed by atoms with Gasteiger partial charge in [-0.1, -0.05) is 24.3 Å². The van der Waals surface area contributed by atoms with Crippen LogP contribution < -0.4 is 16.1 Å². The second-order valence-electron chi connectivity index (χ2n) is 6.15. The van der Waals surface area contributed by atoms with Crippen LogP contribution >= 0.6 is 0 Å². The Hall–Kier alpha value is -3.68. The molecule has 1 aliphatic heterocycles. The molecule has 0 aliphatic carbocycles. The molecule has 8 heteroatoms. The number of aryl methyl sites for hydroxylation is 1. The molecule has 0 amide bonds. The van der Waals surface area contributed by atoms with Crippen molar-refractivity contribution in [1.29, 1.82) is 5.41 Å². The Kier molecular flexibility index (Phi) is 3.47. The summed E-state index contributed by atoms with van der Waals surface area (Å²) in [6.07, 6.45) is 1.31. The largest absolute Gasteiger partial charge is 0.438 e. The molecule has 0 fully saturated rings. The maximum absolute atomic E-state index is 11.2. The second kappa shape index (κ2) is 5.69. The minimum atomic E-state index is -0.440. The summed E-state index contributed by atoms with van der Waals surface area (Å²) in [7, 11) is 0. The first kappa shape index (κ1) is 15.8. The number of rotatable bonds is 2. The third-order valence-electron chi connectivity index (χ3n) is 4.43. The molecule has 3 N–H and O–H groups in total. The van der Waals surface area contributed by atoms with Crippen LogP contribution in [-0.2, 0) is 0 Å². The van der Waals surface area contributed by atoms with Crippen LogP contribution in [0.3, 0.4) is 0 Å². The van der Waals surface area contributed by atoms with E-state index in [0.717, 1.165) is 15.8 Å². The number of nitro groups is 1. The standard InChI is InChI=1S/C18H15N5O3/c1-10-5-6-13-14(7-10)26-18-16(17(19)22(20)9-21-18)15(13)11-3-2-4-12(8-11)23(24)25/h2-9,15,19H,20H2,1H3. The fourth-order valence-corrected chi connectivity index (χ4v) is 3.22. The first-order valence-electron chi connectivity index (χ1n) is 7.89. The van der Waals surface area contributed by atoms with Crippen LogP contribution in [0.25, 0.3) is 0 Å². The summed E-state index contributed by atoms with van der Waals surface area (Å²) in [4.78, 5) is 15.0. The van der Waals surface area contributed by atoms with Crippen molar-refractivity contribution in [2.75, 3.05) is 5.84 Å². The van der Waals surface area contributed by atoms with Crippen LogP contribution in [0.2, 0.25) is 0 Å². The van der Waals surface area contributed by atoms with Crippen LogP contribution in [0.5, 0.6) is 11.6 Å². The molecule has 0 saturated carbocycles. The number of ether oxygens (including phenoxy) is 1. The fourth-order valence-electron chi connectivity index (χ4n) is 3.22. The summed E-state index contributed by atoms with van der Waals surface area (Å²) >= 11 is 0. The van der Waals surface area contributed by atoms with Crippen molar-refractivity contribution in [2.24, 2.45) is 0 Å². The van der Waals surface area contributed by atoms with Gasteiger partial charge in [-0.2, -0.15) is 0 Å². The van der Waals surface area contributed by atoms with Crippen LogP contribution in [0.4, 0.5) is 5.69 Å². The zero-order valence-electron chi connectivity index (χ0n) is 13.8. The van der Waals surface area contributed by atoms with Gasteiger partial charge in [0.05, 0.1) is 10.5 Å². The van der Waals surface area contributed by atoms with Crippen LogP contribution in [-0.4, -0.2) is 14.6 Å². The highest BCUT2D eigenvalue weighted by Gasteiger charge is 2.32. The zero-order valence-corrected chi connectivity index (χ0v) is 13.8. The summed E-state index contributed by atoms with van der Waals surface area (Å²) in [5.74, 6) is 6.27. The summed E-state index contributed by atoms with van der Waals surface area (Å²) in [6.45, 7) is 1.95. The number of nitrogens with zero attached hydrogens (tertiary/aromatic N) is 3. The van der Waals surface area contributed by atoms with E-state index in [1.54, 1.807) is 12.1 Å². The van der Waals surface area contributed by atoms with Gasteiger partial charge in [-0.3, -0.25) is 15.5 Å². The van der Waals surface area contributed by atoms with E-state index in [1.807, 2.05) is 25.1 Å². The predicted molar refractivity (Wildman–Crippen MR) is 93.5 cm³/mol. The normalized spacial score (nSPS) is 14.9. The Bertz CT molecular complexity index is 1110. The molecule has 0 radical (unpaired) electrons. The van der Waals surface area contributed by atoms with Crippen molar-refractivity contribution in [2.45, 2.75) is 12.8 Å². The lowest BCUT2D eigenvalue weighted by atomic mass is 9.83. The van der Waals surface area contributed by atoms with Gasteiger partial charge in [-0.25, -0.2) is 9.66 Å². The Labute approximate surface area is 148 Å². The van der Waals surface area contributed by atoms with E-state index in [0.29, 0.717) is 16.9 Å². The smallest absolute Gasteiger partial charge is 0.269 e. The highest BCUT2D eigenvalue weighted by molar-refractivity contribution is 5.57. The van der Waals surface area contributed by atoms with Gasteiger partial charge in [0.25, 0.3) is 5.69 Å². The average Bonchev–Trinajstić information content (AvgIpc) is 2.63. The van der Waals surface area contributed by atoms with Gasteiger partial charge in [0, 0.05) is 23.6 Å². The lowest BCUT2D eigenvalue weighted by Gasteiger charge is -2.28. The van der Waals surface area contributed by atoms with Crippen LogP contribution in [0.1, 0.15) is 28.2 Å². The van der Waals surface area contributed by atoms with Crippen LogP contribution in [0.15, 0.2) is 48.8 Å². The van der Waals surface area contributed by atoms with E-state index < -0.39 is 10.8 Å². The highest BCUT2D eigenvalue weighted by Crippen LogP contribution is 2.45. The average molecular weight is 349 g/mol. The molecule has 26 heavy (non-hydrogen) atoms. The SMILES string of the molecule is Cc1ccc2c(c1)Oc1ncn(N)c(=N)c1C2c1cccc([N+](=O)[O-])c1. The minimum absolute atomic E-state index is 0.0137. The molecule has 1 aliphatic rings. The minimum Gasteiger partial charge on any atom is -0.438 e. The fraction of sp³-hybridized carbons (Fsp3) is 0.111. The van der Waals surface area contributed by atoms with Gasteiger partial charge in [-0.05, 0) is 24.1 Å². The molecule has 1 atom stereocenters. The number of nitrogens with two attached hydrogens (primary N) is 1. The Balaban J connectivity index is 2.02. The second-order valence-corrected chi connectivity index (χ2v) is 6.15. The molecule has 0 spiro atoms. The van der Waals surface area contributed by atoms with Gasteiger partial charge < -0.3 is 10.6 Å². The number of hydrogen-bond donors (Lipinski definition) is 2. The lowest BCUT2D eigenvalue weighted by Crippen LogP contribution is -2.33. The van der Waals surface area contributed by atoms with E-state index in [9.17, 15) is 10.1 Å². The summed E-state index contributed by atoms with van der Waals surface area (Å²) < 4.78 is 6.99. The van der Waals surface area contributed by atoms with Crippen molar-refractivity contribution in [3.63, 3.8) is 0 Å². The predicted octanol–water partition coefficient (Wildman–Crippen LogP) is 2.58. The molecule has 4 rings (SSSR count). The van der Waals surface area contributed by atoms with E-state index >= 15 is 0 Å². The van der Waals surface area contributed by atoms with Gasteiger partial charge in [-0.15, -0.1) is 0 Å². The van der Waals surface area contributed by atoms with E-state index in [4.69, 9.17) is 16.0 Å². The molecule has 1 aromatic heterocycles. The Morgan fingerprint density at radius 2 is 2.12 bits per heavy atom. The van der Waals surface area contributed by atoms with Gasteiger partial charge in [0.15, 0.2) is 5.49 Å². The van der Waals surface area contributed by atoms with Crippen molar-refractivity contribution in [1.82, 2.24) is 9.66 Å². The number of hydrogen-bond acceptors (Lipinski definition) is 6. The van der Waals surface area contributed by atoms with Gasteiger partial charge >= 0.3 is 0 Å². The van der Waals surface area contributed by atoms with Gasteiger partial charge in [0.1, 0.15) is 12.1 Å². The highest BCUT2D eigenvalue weighted by atomic mass is 16.6. The molecule has 1 unspecified atom stereocenters. The van der Waals surface area contributed by atoms with Crippen molar-refractivity contribution < 1.29 is 9.66 Å². The first-order chi connectivity index (χ1) is 12.5. The molecule has 3 aromatic rings. The monoisotopic (exact) mass is 349 g/mol. The molecule has 2 heterocycles. The molecular formula is C18H15N5O3. The summed E-state index contributed by atoms with van der Waals surface area (Å²) in [6, 6.07) is 12.1. The quantitative estimate of drug-likeness (QED) is 0.327. The van der Waals surface area contributed by atoms with Crippen molar-refractivity contribution >= 4 is 5.69 Å². The summed E-state index contributed by atoms with van der Waals surface area (Å²) in [5, 5.41) is 19.6. The maximum atomic E-state index is 11.2. The molecule has 0 bridgehead atoms. The number of nitrogen functional groups attached to an aromatic ring is 1. The van der Waals surface area contributed by atoms with Crippen LogP contribution in [0, 0.1) is 22.4 Å². The topological polar surface area (TPSA) is 120 Å². The molecular weight excluding hydrogens is 334 g/mol. The zero-order chi connectivity index (χ0) is 18.4. The third-order valence-corrected chi connectivity index (χ3v) is 4.43. The van der Waals surface area contributed by atoms with Gasteiger partial charge in [0.2, 0.25) is 5.88 Å². The summed E-state index contributed by atoms with van der Waals surface area (Å²) in [5.41, 5.74) is 3.01.